The van der Waals surface area contributed by atoms with E-state index in [1.165, 1.54) is 0 Å². The molecular formula is C22H27BrCl2N2O3. The van der Waals surface area contributed by atoms with Gasteiger partial charge in [-0.05, 0) is 52.7 Å². The van der Waals surface area contributed by atoms with Crippen LogP contribution in [0.4, 0.5) is 0 Å². The van der Waals surface area contributed by atoms with Crippen LogP contribution < -0.4 is 14.8 Å². The van der Waals surface area contributed by atoms with E-state index in [9.17, 15) is 0 Å². The van der Waals surface area contributed by atoms with E-state index < -0.39 is 0 Å². The van der Waals surface area contributed by atoms with Crippen LogP contribution in [0.15, 0.2) is 34.8 Å². The Morgan fingerprint density at radius 2 is 1.87 bits per heavy atom. The Kier molecular flexibility index (Phi) is 9.56. The van der Waals surface area contributed by atoms with Gasteiger partial charge in [0.25, 0.3) is 0 Å². The monoisotopic (exact) mass is 516 g/mol. The van der Waals surface area contributed by atoms with E-state index in [1.807, 2.05) is 25.1 Å². The molecule has 0 bridgehead atoms. The second-order valence-corrected chi connectivity index (χ2v) is 8.63. The first kappa shape index (κ1) is 23.6. The molecule has 2 aromatic rings. The normalized spacial score (nSPS) is 14.7. The Labute approximate surface area is 196 Å². The lowest BCUT2D eigenvalue weighted by atomic mass is 10.2. The Morgan fingerprint density at radius 1 is 1.13 bits per heavy atom. The molecule has 5 nitrogen and oxygen atoms in total. The van der Waals surface area contributed by atoms with E-state index in [1.54, 1.807) is 12.1 Å². The van der Waals surface area contributed by atoms with E-state index in [0.717, 1.165) is 61.5 Å². The highest BCUT2D eigenvalue weighted by molar-refractivity contribution is 9.10. The van der Waals surface area contributed by atoms with Crippen LogP contribution in [-0.2, 0) is 17.9 Å². The molecule has 1 fully saturated rings. The maximum absolute atomic E-state index is 6.26. The van der Waals surface area contributed by atoms with Gasteiger partial charge in [0.05, 0.1) is 24.3 Å². The van der Waals surface area contributed by atoms with Crippen molar-refractivity contribution in [2.75, 3.05) is 46.0 Å². The van der Waals surface area contributed by atoms with Crippen molar-refractivity contribution in [3.8, 4) is 11.5 Å². The van der Waals surface area contributed by atoms with E-state index in [-0.39, 0.29) is 6.61 Å². The van der Waals surface area contributed by atoms with E-state index >= 15 is 0 Å². The fraction of sp³-hybridized carbons (Fsp3) is 0.455. The molecule has 1 saturated heterocycles. The van der Waals surface area contributed by atoms with E-state index in [2.05, 4.69) is 26.1 Å². The lowest BCUT2D eigenvalue weighted by molar-refractivity contribution is 0.0384. The van der Waals surface area contributed by atoms with Gasteiger partial charge in [-0.2, -0.15) is 0 Å². The van der Waals surface area contributed by atoms with Crippen LogP contribution in [-0.4, -0.2) is 50.9 Å². The molecule has 8 heteroatoms. The first-order valence-electron chi connectivity index (χ1n) is 10.1. The van der Waals surface area contributed by atoms with Crippen LogP contribution in [0.3, 0.4) is 0 Å². The fourth-order valence-electron chi connectivity index (χ4n) is 3.24. The van der Waals surface area contributed by atoms with Gasteiger partial charge in [0.15, 0.2) is 11.5 Å². The zero-order valence-electron chi connectivity index (χ0n) is 17.1. The molecule has 1 N–H and O–H groups in total. The van der Waals surface area contributed by atoms with Gasteiger partial charge >= 0.3 is 0 Å². The van der Waals surface area contributed by atoms with Crippen LogP contribution in [0.1, 0.15) is 18.1 Å². The molecule has 0 saturated carbocycles. The van der Waals surface area contributed by atoms with Gasteiger partial charge in [-0.3, -0.25) is 4.90 Å². The highest BCUT2D eigenvalue weighted by Crippen LogP contribution is 2.38. The summed E-state index contributed by atoms with van der Waals surface area (Å²) < 4.78 is 18.1. The highest BCUT2D eigenvalue weighted by Gasteiger charge is 2.15. The Morgan fingerprint density at radius 3 is 2.57 bits per heavy atom. The van der Waals surface area contributed by atoms with Crippen molar-refractivity contribution in [2.45, 2.75) is 20.1 Å². The lowest BCUT2D eigenvalue weighted by Gasteiger charge is -2.26. The minimum Gasteiger partial charge on any atom is -0.490 e. The molecule has 1 heterocycles. The van der Waals surface area contributed by atoms with Crippen molar-refractivity contribution in [2.24, 2.45) is 0 Å². The number of nitrogens with zero attached hydrogens (tertiary/aromatic N) is 1. The van der Waals surface area contributed by atoms with Crippen molar-refractivity contribution in [1.29, 1.82) is 0 Å². The van der Waals surface area contributed by atoms with Crippen LogP contribution in [0, 0.1) is 0 Å². The third-order valence-corrected chi connectivity index (χ3v) is 6.13. The van der Waals surface area contributed by atoms with Gasteiger partial charge in [-0.15, -0.1) is 0 Å². The van der Waals surface area contributed by atoms with E-state index in [4.69, 9.17) is 37.4 Å². The third-order valence-electron chi connectivity index (χ3n) is 4.83. The van der Waals surface area contributed by atoms with Crippen molar-refractivity contribution in [3.63, 3.8) is 0 Å². The first-order valence-corrected chi connectivity index (χ1v) is 11.6. The summed E-state index contributed by atoms with van der Waals surface area (Å²) in [6.07, 6.45) is 0. The standard InChI is InChI=1S/C22H27BrCl2N2O3/c1-2-29-21-13-16(14-26-6-7-27-8-10-28-11-9-27)12-18(23)22(21)30-15-17-19(24)4-3-5-20(17)25/h3-5,12-13,26H,2,6-11,14-15H2,1H3. The van der Waals surface area contributed by atoms with Gasteiger partial charge in [0.2, 0.25) is 0 Å². The highest BCUT2D eigenvalue weighted by atomic mass is 79.9. The predicted molar refractivity (Wildman–Crippen MR) is 125 cm³/mol. The number of rotatable bonds is 10. The van der Waals surface area contributed by atoms with Crippen LogP contribution in [0.5, 0.6) is 11.5 Å². The molecule has 30 heavy (non-hydrogen) atoms. The number of hydrogen-bond acceptors (Lipinski definition) is 5. The summed E-state index contributed by atoms with van der Waals surface area (Å²) in [5.41, 5.74) is 1.87. The molecule has 0 aliphatic carbocycles. The summed E-state index contributed by atoms with van der Waals surface area (Å²) in [4.78, 5) is 2.41. The molecule has 0 spiro atoms. The molecule has 0 aromatic heterocycles. The topological polar surface area (TPSA) is 43.0 Å². The Bertz CT molecular complexity index is 812. The molecule has 1 aliphatic heterocycles. The second-order valence-electron chi connectivity index (χ2n) is 6.96. The van der Waals surface area contributed by atoms with Gasteiger partial charge in [0, 0.05) is 48.3 Å². The molecule has 2 aromatic carbocycles. The average molecular weight is 518 g/mol. The van der Waals surface area contributed by atoms with Gasteiger partial charge in [0.1, 0.15) is 6.61 Å². The van der Waals surface area contributed by atoms with Crippen molar-refractivity contribution in [1.82, 2.24) is 10.2 Å². The van der Waals surface area contributed by atoms with Gasteiger partial charge in [-0.25, -0.2) is 0 Å². The predicted octanol–water partition coefficient (Wildman–Crippen LogP) is 5.16. The summed E-state index contributed by atoms with van der Waals surface area (Å²) >= 11 is 16.2. The summed E-state index contributed by atoms with van der Waals surface area (Å²) in [5.74, 6) is 1.34. The number of nitrogens with one attached hydrogen (secondary N) is 1. The van der Waals surface area contributed by atoms with Crippen LogP contribution >= 0.6 is 39.1 Å². The molecule has 0 atom stereocenters. The Balaban J connectivity index is 1.61. The maximum Gasteiger partial charge on any atom is 0.175 e. The summed E-state index contributed by atoms with van der Waals surface area (Å²) in [6.45, 7) is 9.10. The minimum absolute atomic E-state index is 0.258. The molecule has 164 valence electrons. The number of hydrogen-bond donors (Lipinski definition) is 1. The zero-order valence-corrected chi connectivity index (χ0v) is 20.2. The zero-order chi connectivity index (χ0) is 21.3. The maximum atomic E-state index is 6.26. The quantitative estimate of drug-likeness (QED) is 0.441. The average Bonchev–Trinajstić information content (AvgIpc) is 2.73. The largest absolute Gasteiger partial charge is 0.490 e. The Hall–Kier alpha value is -1.02. The third kappa shape index (κ3) is 6.74. The second kappa shape index (κ2) is 12.1. The lowest BCUT2D eigenvalue weighted by Crippen LogP contribution is -2.40. The summed E-state index contributed by atoms with van der Waals surface area (Å²) in [5, 5.41) is 4.67. The van der Waals surface area contributed by atoms with Crippen molar-refractivity contribution < 1.29 is 14.2 Å². The SMILES string of the molecule is CCOc1cc(CNCCN2CCOCC2)cc(Br)c1OCc1c(Cl)cccc1Cl. The molecule has 0 amide bonds. The molecule has 0 radical (unpaired) electrons. The molecule has 0 unspecified atom stereocenters. The molecule has 3 rings (SSSR count). The van der Waals surface area contributed by atoms with Crippen LogP contribution in [0.25, 0.3) is 0 Å². The summed E-state index contributed by atoms with van der Waals surface area (Å²) in [7, 11) is 0. The number of benzene rings is 2. The van der Waals surface area contributed by atoms with Gasteiger partial charge in [-0.1, -0.05) is 29.3 Å². The van der Waals surface area contributed by atoms with Crippen molar-refractivity contribution in [3.05, 3.63) is 56.0 Å². The first-order chi connectivity index (χ1) is 14.6. The smallest absolute Gasteiger partial charge is 0.175 e. The number of ether oxygens (including phenoxy) is 3. The summed E-state index contributed by atoms with van der Waals surface area (Å²) in [6, 6.07) is 9.48. The van der Waals surface area contributed by atoms with E-state index in [0.29, 0.717) is 28.2 Å². The minimum atomic E-state index is 0.258. The number of halogens is 3. The van der Waals surface area contributed by atoms with Gasteiger partial charge < -0.3 is 19.5 Å². The molecular weight excluding hydrogens is 491 g/mol. The fourth-order valence-corrected chi connectivity index (χ4v) is 4.35. The van der Waals surface area contributed by atoms with Crippen molar-refractivity contribution >= 4 is 39.1 Å². The molecule has 1 aliphatic rings. The van der Waals surface area contributed by atoms with Crippen LogP contribution in [0.2, 0.25) is 10.0 Å². The number of morpholine rings is 1.